The minimum atomic E-state index is 0.124. The number of likely N-dealkylation sites (N-methyl/N-ethyl adjacent to an activating group) is 1. The van der Waals surface area contributed by atoms with Crippen LogP contribution in [0.2, 0.25) is 0 Å². The normalized spacial score (nSPS) is 14.5. The standard InChI is InChI=1S/C10H10N4O/c1-14-6-8-4-9(12-13-11)3-2-7(8)5-10(14)15/h2-4H,5-6H2,1H3. The van der Waals surface area contributed by atoms with Crippen LogP contribution in [0.5, 0.6) is 0 Å². The van der Waals surface area contributed by atoms with Crippen LogP contribution in [-0.2, 0) is 17.8 Å². The summed E-state index contributed by atoms with van der Waals surface area (Å²) in [6.07, 6.45) is 0.433. The van der Waals surface area contributed by atoms with Gasteiger partial charge in [-0.1, -0.05) is 17.2 Å². The summed E-state index contributed by atoms with van der Waals surface area (Å²) in [5.74, 6) is 0.124. The monoisotopic (exact) mass is 202 g/mol. The summed E-state index contributed by atoms with van der Waals surface area (Å²) in [6, 6.07) is 5.42. The van der Waals surface area contributed by atoms with Crippen molar-refractivity contribution in [2.45, 2.75) is 13.0 Å². The topological polar surface area (TPSA) is 69.1 Å². The molecule has 1 aromatic carbocycles. The van der Waals surface area contributed by atoms with Crippen molar-refractivity contribution < 1.29 is 4.79 Å². The highest BCUT2D eigenvalue weighted by atomic mass is 16.2. The summed E-state index contributed by atoms with van der Waals surface area (Å²) in [6.45, 7) is 0.586. The van der Waals surface area contributed by atoms with Crippen molar-refractivity contribution in [1.82, 2.24) is 4.90 Å². The van der Waals surface area contributed by atoms with E-state index < -0.39 is 0 Å². The van der Waals surface area contributed by atoms with Gasteiger partial charge in [0.15, 0.2) is 0 Å². The van der Waals surface area contributed by atoms with Gasteiger partial charge in [0, 0.05) is 24.2 Å². The summed E-state index contributed by atoms with van der Waals surface area (Å²) in [5, 5.41) is 3.54. The van der Waals surface area contributed by atoms with Gasteiger partial charge in [-0.15, -0.1) is 0 Å². The van der Waals surface area contributed by atoms with Crippen LogP contribution in [0.15, 0.2) is 23.3 Å². The molecule has 76 valence electrons. The molecule has 0 aromatic heterocycles. The minimum absolute atomic E-state index is 0.124. The number of azide groups is 1. The fourth-order valence-electron chi connectivity index (χ4n) is 1.69. The van der Waals surface area contributed by atoms with Crippen molar-refractivity contribution in [3.8, 4) is 0 Å². The van der Waals surface area contributed by atoms with E-state index in [2.05, 4.69) is 10.0 Å². The average Bonchev–Trinajstić information content (AvgIpc) is 2.21. The predicted molar refractivity (Wildman–Crippen MR) is 55.4 cm³/mol. The molecular weight excluding hydrogens is 192 g/mol. The van der Waals surface area contributed by atoms with Gasteiger partial charge in [0.2, 0.25) is 5.91 Å². The number of amides is 1. The lowest BCUT2D eigenvalue weighted by Gasteiger charge is -2.25. The summed E-state index contributed by atoms with van der Waals surface area (Å²) < 4.78 is 0. The van der Waals surface area contributed by atoms with Gasteiger partial charge in [-0.2, -0.15) is 0 Å². The maximum absolute atomic E-state index is 11.4. The quantitative estimate of drug-likeness (QED) is 0.390. The molecule has 1 aliphatic rings. The predicted octanol–water partition coefficient (Wildman–Crippen LogP) is 2.14. The fraction of sp³-hybridized carbons (Fsp3) is 0.300. The minimum Gasteiger partial charge on any atom is -0.341 e. The number of carbonyl (C=O) groups is 1. The Morgan fingerprint density at radius 2 is 2.27 bits per heavy atom. The van der Waals surface area contributed by atoms with Gasteiger partial charge in [-0.3, -0.25) is 4.79 Å². The van der Waals surface area contributed by atoms with Gasteiger partial charge in [0.1, 0.15) is 0 Å². The molecule has 0 fully saturated rings. The molecule has 15 heavy (non-hydrogen) atoms. The van der Waals surface area contributed by atoms with E-state index in [-0.39, 0.29) is 5.91 Å². The molecule has 0 unspecified atom stereocenters. The molecule has 0 saturated carbocycles. The third-order valence-electron chi connectivity index (χ3n) is 2.52. The molecule has 0 N–H and O–H groups in total. The molecule has 1 aliphatic heterocycles. The number of benzene rings is 1. The Kier molecular flexibility index (Phi) is 2.31. The molecule has 0 saturated heterocycles. The van der Waals surface area contributed by atoms with Gasteiger partial charge in [0.05, 0.1) is 6.42 Å². The van der Waals surface area contributed by atoms with E-state index in [1.807, 2.05) is 12.1 Å². The van der Waals surface area contributed by atoms with E-state index in [1.165, 1.54) is 0 Å². The second kappa shape index (κ2) is 3.63. The Morgan fingerprint density at radius 1 is 1.47 bits per heavy atom. The lowest BCUT2D eigenvalue weighted by Crippen LogP contribution is -2.32. The second-order valence-electron chi connectivity index (χ2n) is 3.57. The lowest BCUT2D eigenvalue weighted by atomic mass is 9.99. The van der Waals surface area contributed by atoms with E-state index >= 15 is 0 Å². The van der Waals surface area contributed by atoms with Crippen LogP contribution >= 0.6 is 0 Å². The Balaban J connectivity index is 2.41. The molecule has 0 radical (unpaired) electrons. The van der Waals surface area contributed by atoms with Gasteiger partial charge in [-0.25, -0.2) is 0 Å². The van der Waals surface area contributed by atoms with Crippen LogP contribution in [0.25, 0.3) is 10.4 Å². The Bertz CT molecular complexity index is 462. The summed E-state index contributed by atoms with van der Waals surface area (Å²) >= 11 is 0. The first kappa shape index (κ1) is 9.55. The molecule has 1 amide bonds. The lowest BCUT2D eigenvalue weighted by molar-refractivity contribution is -0.130. The van der Waals surface area contributed by atoms with E-state index in [0.717, 1.165) is 11.1 Å². The zero-order chi connectivity index (χ0) is 10.8. The van der Waals surface area contributed by atoms with Crippen LogP contribution in [0.1, 0.15) is 11.1 Å². The fourth-order valence-corrected chi connectivity index (χ4v) is 1.69. The van der Waals surface area contributed by atoms with Gasteiger partial charge >= 0.3 is 0 Å². The van der Waals surface area contributed by atoms with Crippen LogP contribution < -0.4 is 0 Å². The highest BCUT2D eigenvalue weighted by Gasteiger charge is 2.19. The van der Waals surface area contributed by atoms with E-state index in [0.29, 0.717) is 18.7 Å². The number of nitrogens with zero attached hydrogens (tertiary/aromatic N) is 4. The van der Waals surface area contributed by atoms with Gasteiger partial charge in [-0.05, 0) is 22.7 Å². The van der Waals surface area contributed by atoms with Crippen molar-refractivity contribution in [1.29, 1.82) is 0 Å². The van der Waals surface area contributed by atoms with E-state index in [1.54, 1.807) is 18.0 Å². The van der Waals surface area contributed by atoms with Gasteiger partial charge < -0.3 is 4.90 Å². The summed E-state index contributed by atoms with van der Waals surface area (Å²) in [4.78, 5) is 15.8. The molecule has 2 rings (SSSR count). The van der Waals surface area contributed by atoms with Crippen molar-refractivity contribution in [3.63, 3.8) is 0 Å². The van der Waals surface area contributed by atoms with E-state index in [9.17, 15) is 4.79 Å². The van der Waals surface area contributed by atoms with Crippen molar-refractivity contribution in [2.75, 3.05) is 7.05 Å². The Hall–Kier alpha value is -2.00. The Labute approximate surface area is 86.9 Å². The van der Waals surface area contributed by atoms with Crippen molar-refractivity contribution in [2.24, 2.45) is 5.11 Å². The smallest absolute Gasteiger partial charge is 0.227 e. The molecule has 0 spiro atoms. The second-order valence-corrected chi connectivity index (χ2v) is 3.57. The highest BCUT2D eigenvalue weighted by molar-refractivity contribution is 5.80. The van der Waals surface area contributed by atoms with Gasteiger partial charge in [0.25, 0.3) is 0 Å². The van der Waals surface area contributed by atoms with E-state index in [4.69, 9.17) is 5.53 Å². The number of rotatable bonds is 1. The maximum Gasteiger partial charge on any atom is 0.227 e. The average molecular weight is 202 g/mol. The van der Waals surface area contributed by atoms with Crippen LogP contribution in [0.4, 0.5) is 5.69 Å². The maximum atomic E-state index is 11.4. The first-order valence-corrected chi connectivity index (χ1v) is 4.61. The number of hydrogen-bond acceptors (Lipinski definition) is 2. The van der Waals surface area contributed by atoms with Crippen LogP contribution in [0.3, 0.4) is 0 Å². The largest absolute Gasteiger partial charge is 0.341 e. The number of hydrogen-bond donors (Lipinski definition) is 0. The zero-order valence-electron chi connectivity index (χ0n) is 8.34. The molecule has 0 aliphatic carbocycles. The molecule has 5 nitrogen and oxygen atoms in total. The van der Waals surface area contributed by atoms with Crippen molar-refractivity contribution in [3.05, 3.63) is 39.8 Å². The molecule has 1 heterocycles. The van der Waals surface area contributed by atoms with Crippen LogP contribution in [0, 0.1) is 0 Å². The summed E-state index contributed by atoms with van der Waals surface area (Å²) in [5.41, 5.74) is 11.0. The molecular formula is C10H10N4O. The third kappa shape index (κ3) is 1.78. The number of fused-ring (bicyclic) bond motifs is 1. The van der Waals surface area contributed by atoms with Crippen molar-refractivity contribution >= 4 is 11.6 Å². The SMILES string of the molecule is CN1Cc2cc(N=[N+]=[N-])ccc2CC1=O. The molecule has 1 aromatic rings. The number of carbonyl (C=O) groups excluding carboxylic acids is 1. The molecule has 0 atom stereocenters. The first-order chi connectivity index (χ1) is 7.20. The first-order valence-electron chi connectivity index (χ1n) is 4.61. The highest BCUT2D eigenvalue weighted by Crippen LogP contribution is 2.23. The third-order valence-corrected chi connectivity index (χ3v) is 2.52. The van der Waals surface area contributed by atoms with Crippen LogP contribution in [-0.4, -0.2) is 17.9 Å². The Morgan fingerprint density at radius 3 is 3.00 bits per heavy atom. The molecule has 0 bridgehead atoms. The summed E-state index contributed by atoms with van der Waals surface area (Å²) in [7, 11) is 1.77. The zero-order valence-corrected chi connectivity index (χ0v) is 8.34. The molecule has 5 heteroatoms.